The number of rotatable bonds is 18. The van der Waals surface area contributed by atoms with E-state index in [4.69, 9.17) is 4.74 Å². The van der Waals surface area contributed by atoms with E-state index in [0.717, 1.165) is 37.0 Å². The van der Waals surface area contributed by atoms with E-state index < -0.39 is 0 Å². The summed E-state index contributed by atoms with van der Waals surface area (Å²) in [6.07, 6.45) is 28.1. The van der Waals surface area contributed by atoms with E-state index in [1.54, 1.807) is 0 Å². The molecular weight excluding hydrogens is 378 g/mol. The highest BCUT2D eigenvalue weighted by atomic mass is 16.5. The molecule has 0 bridgehead atoms. The van der Waals surface area contributed by atoms with Gasteiger partial charge < -0.3 is 4.74 Å². The predicted molar refractivity (Wildman–Crippen MR) is 135 cm³/mol. The standard InChI is InChI=1S/C29H51NO/c1-3-5-7-9-10-12-14-24-31-29-23-22-28(30-25-29)21-20-27-18-16-26(17-19-27)15-13-11-8-6-4-2/h22-23,25-27H,3-21,24H2,1-2H3/t26-,27-. The van der Waals surface area contributed by atoms with E-state index in [1.165, 1.54) is 115 Å². The first kappa shape index (κ1) is 26.2. The van der Waals surface area contributed by atoms with Crippen LogP contribution in [0.1, 0.15) is 135 Å². The summed E-state index contributed by atoms with van der Waals surface area (Å²) in [7, 11) is 0. The van der Waals surface area contributed by atoms with Gasteiger partial charge in [-0.05, 0) is 43.2 Å². The van der Waals surface area contributed by atoms with Crippen LogP contribution in [0.4, 0.5) is 0 Å². The Kier molecular flexibility index (Phi) is 14.8. The van der Waals surface area contributed by atoms with Crippen molar-refractivity contribution < 1.29 is 4.74 Å². The fourth-order valence-electron chi connectivity index (χ4n) is 5.09. The molecule has 1 fully saturated rings. The Hall–Kier alpha value is -1.05. The molecule has 0 spiro atoms. The summed E-state index contributed by atoms with van der Waals surface area (Å²) >= 11 is 0. The Bertz CT molecular complexity index is 518. The summed E-state index contributed by atoms with van der Waals surface area (Å²) in [5.74, 6) is 2.88. The van der Waals surface area contributed by atoms with Crippen molar-refractivity contribution in [3.63, 3.8) is 0 Å². The Morgan fingerprint density at radius 2 is 1.29 bits per heavy atom. The van der Waals surface area contributed by atoms with Crippen molar-refractivity contribution in [1.29, 1.82) is 0 Å². The molecule has 0 aliphatic heterocycles. The first-order valence-electron chi connectivity index (χ1n) is 13.9. The summed E-state index contributed by atoms with van der Waals surface area (Å²) < 4.78 is 5.89. The number of aromatic nitrogens is 1. The largest absolute Gasteiger partial charge is 0.492 e. The lowest BCUT2D eigenvalue weighted by molar-refractivity contribution is 0.248. The number of hydrogen-bond acceptors (Lipinski definition) is 2. The maximum atomic E-state index is 5.89. The van der Waals surface area contributed by atoms with E-state index in [9.17, 15) is 0 Å². The minimum Gasteiger partial charge on any atom is -0.492 e. The summed E-state index contributed by atoms with van der Waals surface area (Å²) in [6, 6.07) is 4.31. The van der Waals surface area contributed by atoms with Crippen LogP contribution in [0.25, 0.3) is 0 Å². The first-order valence-corrected chi connectivity index (χ1v) is 13.9. The summed E-state index contributed by atoms with van der Waals surface area (Å²) in [5.41, 5.74) is 1.24. The van der Waals surface area contributed by atoms with Crippen molar-refractivity contribution in [2.75, 3.05) is 6.61 Å². The van der Waals surface area contributed by atoms with E-state index in [-0.39, 0.29) is 0 Å². The van der Waals surface area contributed by atoms with E-state index >= 15 is 0 Å². The van der Waals surface area contributed by atoms with Crippen molar-refractivity contribution in [2.45, 2.75) is 136 Å². The molecule has 1 aliphatic carbocycles. The van der Waals surface area contributed by atoms with Crippen molar-refractivity contribution in [1.82, 2.24) is 4.98 Å². The average molecular weight is 430 g/mol. The van der Waals surface area contributed by atoms with Crippen LogP contribution in [-0.2, 0) is 6.42 Å². The number of nitrogens with zero attached hydrogens (tertiary/aromatic N) is 1. The predicted octanol–water partition coefficient (Wildman–Crippen LogP) is 9.31. The van der Waals surface area contributed by atoms with Crippen LogP contribution in [-0.4, -0.2) is 11.6 Å². The smallest absolute Gasteiger partial charge is 0.137 e. The van der Waals surface area contributed by atoms with Crippen molar-refractivity contribution in [2.24, 2.45) is 11.8 Å². The number of hydrogen-bond donors (Lipinski definition) is 0. The molecule has 178 valence electrons. The number of pyridine rings is 1. The fourth-order valence-corrected chi connectivity index (χ4v) is 5.09. The van der Waals surface area contributed by atoms with Crippen LogP contribution in [0.5, 0.6) is 5.75 Å². The second-order valence-corrected chi connectivity index (χ2v) is 10.1. The topological polar surface area (TPSA) is 22.1 Å². The molecule has 0 amide bonds. The maximum absolute atomic E-state index is 5.89. The number of unbranched alkanes of at least 4 members (excludes halogenated alkanes) is 10. The maximum Gasteiger partial charge on any atom is 0.137 e. The molecule has 2 nitrogen and oxygen atoms in total. The van der Waals surface area contributed by atoms with Gasteiger partial charge in [-0.2, -0.15) is 0 Å². The molecule has 0 saturated heterocycles. The van der Waals surface area contributed by atoms with Gasteiger partial charge in [0, 0.05) is 5.69 Å². The van der Waals surface area contributed by atoms with Gasteiger partial charge in [0.15, 0.2) is 0 Å². The minimum absolute atomic E-state index is 0.830. The van der Waals surface area contributed by atoms with E-state index in [1.807, 2.05) is 6.20 Å². The summed E-state index contributed by atoms with van der Waals surface area (Å²) in [4.78, 5) is 4.67. The van der Waals surface area contributed by atoms with Gasteiger partial charge in [0.2, 0.25) is 0 Å². The van der Waals surface area contributed by atoms with Gasteiger partial charge in [0.25, 0.3) is 0 Å². The second-order valence-electron chi connectivity index (χ2n) is 10.1. The quantitative estimate of drug-likeness (QED) is 0.217. The van der Waals surface area contributed by atoms with Gasteiger partial charge in [0.05, 0.1) is 12.8 Å². The van der Waals surface area contributed by atoms with Crippen LogP contribution in [0, 0.1) is 11.8 Å². The lowest BCUT2D eigenvalue weighted by Crippen LogP contribution is -2.15. The third kappa shape index (κ3) is 12.5. The lowest BCUT2D eigenvalue weighted by atomic mass is 9.78. The van der Waals surface area contributed by atoms with E-state index in [2.05, 4.69) is 31.0 Å². The molecule has 1 heterocycles. The van der Waals surface area contributed by atoms with Gasteiger partial charge in [-0.3, -0.25) is 4.98 Å². The van der Waals surface area contributed by atoms with Crippen molar-refractivity contribution in [3.8, 4) is 5.75 Å². The van der Waals surface area contributed by atoms with Crippen LogP contribution in [0.2, 0.25) is 0 Å². The highest BCUT2D eigenvalue weighted by Crippen LogP contribution is 2.34. The zero-order chi connectivity index (χ0) is 22.0. The van der Waals surface area contributed by atoms with Gasteiger partial charge in [-0.15, -0.1) is 0 Å². The molecular formula is C29H51NO. The first-order chi connectivity index (χ1) is 15.3. The Morgan fingerprint density at radius 1 is 0.710 bits per heavy atom. The minimum atomic E-state index is 0.830. The highest BCUT2D eigenvalue weighted by Gasteiger charge is 2.20. The summed E-state index contributed by atoms with van der Waals surface area (Å²) in [5, 5.41) is 0. The Labute approximate surface area is 194 Å². The summed E-state index contributed by atoms with van der Waals surface area (Å²) in [6.45, 7) is 5.41. The molecule has 1 aromatic rings. The van der Waals surface area contributed by atoms with Crippen LogP contribution >= 0.6 is 0 Å². The van der Waals surface area contributed by atoms with E-state index in [0.29, 0.717) is 0 Å². The molecule has 1 aliphatic rings. The van der Waals surface area contributed by atoms with Crippen LogP contribution < -0.4 is 4.74 Å². The fraction of sp³-hybridized carbons (Fsp3) is 0.828. The third-order valence-corrected chi connectivity index (χ3v) is 7.31. The SMILES string of the molecule is CCCCCCCCCOc1ccc(CC[C@H]2CC[C@H](CCCCCCC)CC2)nc1. The van der Waals surface area contributed by atoms with Crippen molar-refractivity contribution >= 4 is 0 Å². The molecule has 31 heavy (non-hydrogen) atoms. The van der Waals surface area contributed by atoms with Gasteiger partial charge >= 0.3 is 0 Å². The van der Waals surface area contributed by atoms with Gasteiger partial charge in [0.1, 0.15) is 5.75 Å². The molecule has 0 unspecified atom stereocenters. The molecule has 0 radical (unpaired) electrons. The zero-order valence-electron chi connectivity index (χ0n) is 20.9. The molecule has 0 N–H and O–H groups in total. The monoisotopic (exact) mass is 429 g/mol. The molecule has 1 aromatic heterocycles. The second kappa shape index (κ2) is 17.5. The van der Waals surface area contributed by atoms with Crippen molar-refractivity contribution in [3.05, 3.63) is 24.0 Å². The zero-order valence-corrected chi connectivity index (χ0v) is 20.9. The van der Waals surface area contributed by atoms with Crippen LogP contribution in [0.15, 0.2) is 18.3 Å². The van der Waals surface area contributed by atoms with Gasteiger partial charge in [-0.1, -0.05) is 117 Å². The molecule has 2 heteroatoms. The number of aryl methyl sites for hydroxylation is 1. The van der Waals surface area contributed by atoms with Crippen LogP contribution in [0.3, 0.4) is 0 Å². The molecule has 0 aromatic carbocycles. The molecule has 0 atom stereocenters. The Morgan fingerprint density at radius 3 is 1.90 bits per heavy atom. The van der Waals surface area contributed by atoms with Gasteiger partial charge in [-0.25, -0.2) is 0 Å². The molecule has 2 rings (SSSR count). The lowest BCUT2D eigenvalue weighted by Gasteiger charge is -2.28. The third-order valence-electron chi connectivity index (χ3n) is 7.31. The Balaban J connectivity index is 1.49. The molecule has 1 saturated carbocycles. The average Bonchev–Trinajstić information content (AvgIpc) is 2.81. The normalized spacial score (nSPS) is 18.9. The number of ether oxygens (including phenoxy) is 1. The highest BCUT2D eigenvalue weighted by molar-refractivity contribution is 5.19.